The topological polar surface area (TPSA) is 94.4 Å². The number of amides is 1. The smallest absolute Gasteiger partial charge is 0.311 e. The van der Waals surface area contributed by atoms with Crippen LogP contribution in [0.3, 0.4) is 0 Å². The Morgan fingerprint density at radius 1 is 1.26 bits per heavy atom. The van der Waals surface area contributed by atoms with E-state index in [0.717, 1.165) is 11.3 Å². The van der Waals surface area contributed by atoms with E-state index in [9.17, 15) is 14.9 Å². The molecule has 1 aromatic heterocycles. The van der Waals surface area contributed by atoms with Crippen LogP contribution < -0.4 is 10.1 Å². The zero-order valence-corrected chi connectivity index (χ0v) is 15.4. The van der Waals surface area contributed by atoms with E-state index in [0.29, 0.717) is 10.7 Å². The number of anilines is 1. The van der Waals surface area contributed by atoms with Crippen LogP contribution in [-0.4, -0.2) is 15.8 Å². The SMILES string of the molecule is Cc1ccc(OCc2csc(CC(=O)Nc3ccccc3)n2)c([N+](=O)[O-])c1. The standard InChI is InChI=1S/C19H17N3O4S/c1-13-7-8-17(16(9-13)22(24)25)26-11-15-12-27-19(21-15)10-18(23)20-14-5-3-2-4-6-14/h2-9,12H,10-11H2,1H3,(H,20,23). The number of carbonyl (C=O) groups is 1. The monoisotopic (exact) mass is 383 g/mol. The molecule has 0 bridgehead atoms. The van der Waals surface area contributed by atoms with Crippen molar-refractivity contribution >= 4 is 28.6 Å². The fourth-order valence-corrected chi connectivity index (χ4v) is 3.18. The van der Waals surface area contributed by atoms with Gasteiger partial charge in [0, 0.05) is 17.1 Å². The molecule has 138 valence electrons. The van der Waals surface area contributed by atoms with E-state index in [1.807, 2.05) is 30.3 Å². The maximum Gasteiger partial charge on any atom is 0.311 e. The summed E-state index contributed by atoms with van der Waals surface area (Å²) in [6.45, 7) is 1.88. The van der Waals surface area contributed by atoms with Gasteiger partial charge < -0.3 is 10.1 Å². The predicted molar refractivity (Wildman–Crippen MR) is 103 cm³/mol. The summed E-state index contributed by atoms with van der Waals surface area (Å²) < 4.78 is 5.56. The molecule has 1 heterocycles. The summed E-state index contributed by atoms with van der Waals surface area (Å²) in [4.78, 5) is 27.1. The molecule has 0 spiro atoms. The van der Waals surface area contributed by atoms with Gasteiger partial charge in [0.25, 0.3) is 0 Å². The number of nitro benzene ring substituents is 1. The Labute approximate surface area is 159 Å². The Morgan fingerprint density at radius 2 is 2.04 bits per heavy atom. The quantitative estimate of drug-likeness (QED) is 0.489. The molecule has 7 nitrogen and oxygen atoms in total. The van der Waals surface area contributed by atoms with Gasteiger partial charge in [-0.15, -0.1) is 11.3 Å². The number of hydrogen-bond donors (Lipinski definition) is 1. The number of nitro groups is 1. The Hall–Kier alpha value is -3.26. The molecule has 0 fully saturated rings. The molecule has 0 saturated heterocycles. The van der Waals surface area contributed by atoms with Crippen molar-refractivity contribution in [3.63, 3.8) is 0 Å². The van der Waals surface area contributed by atoms with Crippen LogP contribution in [0.1, 0.15) is 16.3 Å². The van der Waals surface area contributed by atoms with Crippen molar-refractivity contribution in [2.24, 2.45) is 0 Å². The number of carbonyl (C=O) groups excluding carboxylic acids is 1. The Morgan fingerprint density at radius 3 is 2.78 bits per heavy atom. The van der Waals surface area contributed by atoms with E-state index in [1.165, 1.54) is 17.4 Å². The fourth-order valence-electron chi connectivity index (χ4n) is 2.40. The average molecular weight is 383 g/mol. The molecule has 8 heteroatoms. The fraction of sp³-hybridized carbons (Fsp3) is 0.158. The number of hydrogen-bond acceptors (Lipinski definition) is 6. The lowest BCUT2D eigenvalue weighted by Crippen LogP contribution is -2.14. The van der Waals surface area contributed by atoms with Crippen LogP contribution >= 0.6 is 11.3 Å². The van der Waals surface area contributed by atoms with E-state index in [4.69, 9.17) is 4.74 Å². The van der Waals surface area contributed by atoms with Crippen LogP contribution in [0.25, 0.3) is 0 Å². The summed E-state index contributed by atoms with van der Waals surface area (Å²) in [6.07, 6.45) is 0.157. The Balaban J connectivity index is 1.58. The van der Waals surface area contributed by atoms with E-state index in [1.54, 1.807) is 24.4 Å². The van der Waals surface area contributed by atoms with E-state index >= 15 is 0 Å². The van der Waals surface area contributed by atoms with Crippen molar-refractivity contribution in [1.29, 1.82) is 0 Å². The molecule has 0 atom stereocenters. The summed E-state index contributed by atoms with van der Waals surface area (Å²) in [6, 6.07) is 14.0. The number of aryl methyl sites for hydroxylation is 1. The molecule has 1 N–H and O–H groups in total. The molecular formula is C19H17N3O4S. The van der Waals surface area contributed by atoms with Gasteiger partial charge in [0.15, 0.2) is 5.75 Å². The van der Waals surface area contributed by atoms with E-state index in [2.05, 4.69) is 10.3 Å². The molecule has 3 rings (SSSR count). The van der Waals surface area contributed by atoms with Gasteiger partial charge in [-0.3, -0.25) is 14.9 Å². The van der Waals surface area contributed by atoms with Gasteiger partial charge in [-0.1, -0.05) is 24.3 Å². The lowest BCUT2D eigenvalue weighted by Gasteiger charge is -2.05. The van der Waals surface area contributed by atoms with Gasteiger partial charge in [0.05, 0.1) is 17.0 Å². The maximum absolute atomic E-state index is 12.1. The highest BCUT2D eigenvalue weighted by Gasteiger charge is 2.16. The third-order valence-corrected chi connectivity index (χ3v) is 4.55. The van der Waals surface area contributed by atoms with Crippen LogP contribution in [0.15, 0.2) is 53.9 Å². The second kappa shape index (κ2) is 8.41. The molecule has 0 aliphatic carbocycles. The van der Waals surface area contributed by atoms with Crippen LogP contribution in [0.4, 0.5) is 11.4 Å². The third kappa shape index (κ3) is 5.11. The second-order valence-corrected chi connectivity index (χ2v) is 6.78. The molecule has 0 radical (unpaired) electrons. The minimum Gasteiger partial charge on any atom is -0.480 e. The molecular weight excluding hydrogens is 366 g/mol. The average Bonchev–Trinajstić information content (AvgIpc) is 3.08. The maximum atomic E-state index is 12.1. The van der Waals surface area contributed by atoms with Gasteiger partial charge in [-0.2, -0.15) is 0 Å². The van der Waals surface area contributed by atoms with Crippen molar-refractivity contribution in [2.45, 2.75) is 20.0 Å². The second-order valence-electron chi connectivity index (χ2n) is 5.84. The van der Waals surface area contributed by atoms with Crippen molar-refractivity contribution in [2.75, 3.05) is 5.32 Å². The number of para-hydroxylation sites is 1. The van der Waals surface area contributed by atoms with E-state index < -0.39 is 4.92 Å². The zero-order valence-electron chi connectivity index (χ0n) is 14.5. The summed E-state index contributed by atoms with van der Waals surface area (Å²) in [5.41, 5.74) is 2.06. The first-order valence-corrected chi connectivity index (χ1v) is 9.05. The zero-order chi connectivity index (χ0) is 19.2. The summed E-state index contributed by atoms with van der Waals surface area (Å²) in [7, 11) is 0. The van der Waals surface area contributed by atoms with Crippen molar-refractivity contribution in [1.82, 2.24) is 4.98 Å². The minimum atomic E-state index is -0.470. The van der Waals surface area contributed by atoms with Gasteiger partial charge in [0.1, 0.15) is 11.6 Å². The van der Waals surface area contributed by atoms with Gasteiger partial charge in [0.2, 0.25) is 5.91 Å². The Kier molecular flexibility index (Phi) is 5.77. The highest BCUT2D eigenvalue weighted by molar-refractivity contribution is 7.09. The van der Waals surface area contributed by atoms with Crippen LogP contribution in [0.2, 0.25) is 0 Å². The number of nitrogens with zero attached hydrogens (tertiary/aromatic N) is 2. The molecule has 27 heavy (non-hydrogen) atoms. The first-order chi connectivity index (χ1) is 13.0. The third-order valence-electron chi connectivity index (χ3n) is 3.66. The normalized spacial score (nSPS) is 10.4. The largest absolute Gasteiger partial charge is 0.480 e. The molecule has 0 unspecified atom stereocenters. The number of ether oxygens (including phenoxy) is 1. The first kappa shape index (κ1) is 18.5. The molecule has 3 aromatic rings. The highest BCUT2D eigenvalue weighted by Crippen LogP contribution is 2.28. The van der Waals surface area contributed by atoms with Gasteiger partial charge >= 0.3 is 5.69 Å². The minimum absolute atomic E-state index is 0.0762. The van der Waals surface area contributed by atoms with Crippen molar-refractivity contribution in [3.05, 3.63) is 80.3 Å². The lowest BCUT2D eigenvalue weighted by atomic mass is 10.2. The highest BCUT2D eigenvalue weighted by atomic mass is 32.1. The van der Waals surface area contributed by atoms with Crippen molar-refractivity contribution < 1.29 is 14.5 Å². The number of thiazole rings is 1. The van der Waals surface area contributed by atoms with Gasteiger partial charge in [-0.25, -0.2) is 4.98 Å². The first-order valence-electron chi connectivity index (χ1n) is 8.17. The molecule has 2 aromatic carbocycles. The van der Waals surface area contributed by atoms with Gasteiger partial charge in [-0.05, 0) is 30.7 Å². The summed E-state index contributed by atoms with van der Waals surface area (Å²) in [5, 5.41) is 16.4. The van der Waals surface area contributed by atoms with Crippen LogP contribution in [0, 0.1) is 17.0 Å². The predicted octanol–water partition coefficient (Wildman–Crippen LogP) is 4.12. The number of benzene rings is 2. The molecule has 0 aliphatic heterocycles. The summed E-state index contributed by atoms with van der Waals surface area (Å²) in [5.74, 6) is 0.0409. The summed E-state index contributed by atoms with van der Waals surface area (Å²) >= 11 is 1.35. The number of nitrogens with one attached hydrogen (secondary N) is 1. The lowest BCUT2D eigenvalue weighted by molar-refractivity contribution is -0.386. The van der Waals surface area contributed by atoms with Crippen LogP contribution in [0.5, 0.6) is 5.75 Å². The van der Waals surface area contributed by atoms with E-state index in [-0.39, 0.29) is 30.4 Å². The molecule has 0 saturated carbocycles. The molecule has 1 amide bonds. The van der Waals surface area contributed by atoms with Crippen LogP contribution in [-0.2, 0) is 17.8 Å². The Bertz CT molecular complexity index is 957. The number of rotatable bonds is 7. The molecule has 0 aliphatic rings. The number of aromatic nitrogens is 1. The van der Waals surface area contributed by atoms with Crippen molar-refractivity contribution in [3.8, 4) is 5.75 Å².